The third kappa shape index (κ3) is 3.62. The van der Waals surface area contributed by atoms with Crippen LogP contribution in [0.25, 0.3) is 10.9 Å². The number of carbonyl (C=O) groups excluding carboxylic acids is 1. The summed E-state index contributed by atoms with van der Waals surface area (Å²) in [6.07, 6.45) is 1.87. The smallest absolute Gasteiger partial charge is 0.225 e. The number of amides is 1. The summed E-state index contributed by atoms with van der Waals surface area (Å²) in [5.74, 6) is 0.955. The zero-order valence-electron chi connectivity index (χ0n) is 13.7. The standard InChI is InChI=1S/C18H23N3O2/c1-21(2)17-10-14(15-7-3-4-8-16(15)20-17)11-19-18(22)13-6-5-9-23-12-13/h3-4,7-8,10,13H,5-6,9,11-12H2,1-2H3,(H,19,22)/t13-/m1/s1. The molecule has 1 atom stereocenters. The molecule has 1 aliphatic rings. The van der Waals surface area contributed by atoms with E-state index in [0.717, 1.165) is 41.7 Å². The molecule has 0 spiro atoms. The van der Waals surface area contributed by atoms with Crippen LogP contribution in [0.3, 0.4) is 0 Å². The number of ether oxygens (including phenoxy) is 1. The molecule has 1 fully saturated rings. The molecule has 122 valence electrons. The normalized spacial score (nSPS) is 17.9. The van der Waals surface area contributed by atoms with Gasteiger partial charge in [-0.05, 0) is 30.5 Å². The fraction of sp³-hybridized carbons (Fsp3) is 0.444. The zero-order valence-corrected chi connectivity index (χ0v) is 13.7. The molecule has 1 aliphatic heterocycles. The van der Waals surface area contributed by atoms with Crippen molar-refractivity contribution in [3.8, 4) is 0 Å². The minimum Gasteiger partial charge on any atom is -0.381 e. The van der Waals surface area contributed by atoms with Crippen molar-refractivity contribution in [2.45, 2.75) is 19.4 Å². The van der Waals surface area contributed by atoms with Gasteiger partial charge in [-0.25, -0.2) is 4.98 Å². The summed E-state index contributed by atoms with van der Waals surface area (Å²) < 4.78 is 5.40. The first-order valence-corrected chi connectivity index (χ1v) is 8.06. The Labute approximate surface area is 136 Å². The molecule has 0 radical (unpaired) electrons. The topological polar surface area (TPSA) is 54.5 Å². The molecule has 1 saturated heterocycles. The first kappa shape index (κ1) is 15.7. The molecule has 0 saturated carbocycles. The SMILES string of the molecule is CN(C)c1cc(CNC(=O)[C@@H]2CCCOC2)c2ccccc2n1. The van der Waals surface area contributed by atoms with E-state index in [1.54, 1.807) is 0 Å². The van der Waals surface area contributed by atoms with Crippen LogP contribution in [0.1, 0.15) is 18.4 Å². The Bertz CT molecular complexity index is 694. The van der Waals surface area contributed by atoms with Crippen molar-refractivity contribution < 1.29 is 9.53 Å². The van der Waals surface area contributed by atoms with Crippen molar-refractivity contribution in [3.05, 3.63) is 35.9 Å². The number of nitrogens with zero attached hydrogens (tertiary/aromatic N) is 2. The van der Waals surface area contributed by atoms with E-state index >= 15 is 0 Å². The van der Waals surface area contributed by atoms with Gasteiger partial charge in [0.05, 0.1) is 18.0 Å². The maximum absolute atomic E-state index is 12.3. The number of carbonyl (C=O) groups is 1. The summed E-state index contributed by atoms with van der Waals surface area (Å²) in [6, 6.07) is 10.1. The van der Waals surface area contributed by atoms with Crippen LogP contribution in [0.2, 0.25) is 0 Å². The number of hydrogen-bond acceptors (Lipinski definition) is 4. The van der Waals surface area contributed by atoms with Gasteiger partial charge in [-0.2, -0.15) is 0 Å². The van der Waals surface area contributed by atoms with Gasteiger partial charge in [-0.1, -0.05) is 18.2 Å². The summed E-state index contributed by atoms with van der Waals surface area (Å²) in [5.41, 5.74) is 2.04. The average Bonchev–Trinajstić information content (AvgIpc) is 2.59. The summed E-state index contributed by atoms with van der Waals surface area (Å²) in [6.45, 7) is 1.82. The number of rotatable bonds is 4. The van der Waals surface area contributed by atoms with E-state index < -0.39 is 0 Å². The second-order valence-electron chi connectivity index (χ2n) is 6.18. The van der Waals surface area contributed by atoms with Gasteiger partial charge in [0.2, 0.25) is 5.91 Å². The lowest BCUT2D eigenvalue weighted by molar-refractivity contribution is -0.129. The highest BCUT2D eigenvalue weighted by atomic mass is 16.5. The third-order valence-corrected chi connectivity index (χ3v) is 4.23. The molecule has 2 heterocycles. The molecule has 0 unspecified atom stereocenters. The highest BCUT2D eigenvalue weighted by Gasteiger charge is 2.21. The molecule has 1 amide bonds. The van der Waals surface area contributed by atoms with Crippen LogP contribution in [0.4, 0.5) is 5.82 Å². The lowest BCUT2D eigenvalue weighted by Gasteiger charge is -2.21. The number of hydrogen-bond donors (Lipinski definition) is 1. The fourth-order valence-corrected chi connectivity index (χ4v) is 2.88. The van der Waals surface area contributed by atoms with Gasteiger partial charge >= 0.3 is 0 Å². The maximum atomic E-state index is 12.3. The Hall–Kier alpha value is -2.14. The number of aromatic nitrogens is 1. The molecule has 1 aromatic carbocycles. The maximum Gasteiger partial charge on any atom is 0.225 e. The lowest BCUT2D eigenvalue weighted by Crippen LogP contribution is -2.35. The van der Waals surface area contributed by atoms with Crippen molar-refractivity contribution in [1.29, 1.82) is 0 Å². The highest BCUT2D eigenvalue weighted by Crippen LogP contribution is 2.22. The highest BCUT2D eigenvalue weighted by molar-refractivity contribution is 5.85. The van der Waals surface area contributed by atoms with E-state index in [4.69, 9.17) is 4.74 Å². The van der Waals surface area contributed by atoms with Crippen LogP contribution in [-0.4, -0.2) is 38.2 Å². The number of benzene rings is 1. The fourth-order valence-electron chi connectivity index (χ4n) is 2.88. The molecular weight excluding hydrogens is 290 g/mol. The summed E-state index contributed by atoms with van der Waals surface area (Å²) >= 11 is 0. The van der Waals surface area contributed by atoms with Crippen LogP contribution < -0.4 is 10.2 Å². The van der Waals surface area contributed by atoms with E-state index in [1.165, 1.54) is 0 Å². The van der Waals surface area contributed by atoms with Crippen LogP contribution in [0.5, 0.6) is 0 Å². The van der Waals surface area contributed by atoms with Crippen LogP contribution >= 0.6 is 0 Å². The summed E-state index contributed by atoms with van der Waals surface area (Å²) in [7, 11) is 3.94. The molecule has 23 heavy (non-hydrogen) atoms. The molecule has 0 aliphatic carbocycles. The second-order valence-corrected chi connectivity index (χ2v) is 6.18. The van der Waals surface area contributed by atoms with Crippen LogP contribution in [-0.2, 0) is 16.1 Å². The molecule has 0 bridgehead atoms. The molecule has 1 N–H and O–H groups in total. The van der Waals surface area contributed by atoms with Gasteiger partial charge in [-0.15, -0.1) is 0 Å². The van der Waals surface area contributed by atoms with E-state index in [9.17, 15) is 4.79 Å². The van der Waals surface area contributed by atoms with Gasteiger partial charge in [-0.3, -0.25) is 4.79 Å². The van der Waals surface area contributed by atoms with Crippen molar-refractivity contribution in [1.82, 2.24) is 10.3 Å². The minimum absolute atomic E-state index is 0.0230. The largest absolute Gasteiger partial charge is 0.381 e. The first-order chi connectivity index (χ1) is 11.1. The Morgan fingerprint density at radius 2 is 2.22 bits per heavy atom. The Morgan fingerprint density at radius 3 is 2.96 bits per heavy atom. The minimum atomic E-state index is -0.0230. The number of fused-ring (bicyclic) bond motifs is 1. The summed E-state index contributed by atoms with van der Waals surface area (Å²) in [4.78, 5) is 18.9. The molecule has 1 aromatic heterocycles. The Kier molecular flexibility index (Phi) is 4.76. The predicted octanol–water partition coefficient (Wildman–Crippen LogP) is 2.34. The van der Waals surface area contributed by atoms with Crippen molar-refractivity contribution >= 4 is 22.6 Å². The van der Waals surface area contributed by atoms with Crippen molar-refractivity contribution in [2.75, 3.05) is 32.2 Å². The first-order valence-electron chi connectivity index (χ1n) is 8.06. The number of anilines is 1. The van der Waals surface area contributed by atoms with E-state index in [2.05, 4.69) is 10.3 Å². The van der Waals surface area contributed by atoms with Gasteiger partial charge < -0.3 is 15.0 Å². The van der Waals surface area contributed by atoms with Crippen LogP contribution in [0.15, 0.2) is 30.3 Å². The van der Waals surface area contributed by atoms with Crippen LogP contribution in [0, 0.1) is 5.92 Å². The monoisotopic (exact) mass is 313 g/mol. The van der Waals surface area contributed by atoms with E-state index in [1.807, 2.05) is 49.3 Å². The lowest BCUT2D eigenvalue weighted by atomic mass is 10.0. The average molecular weight is 313 g/mol. The Morgan fingerprint density at radius 1 is 1.39 bits per heavy atom. The molecule has 5 heteroatoms. The number of para-hydroxylation sites is 1. The Balaban J connectivity index is 1.79. The van der Waals surface area contributed by atoms with Crippen molar-refractivity contribution in [3.63, 3.8) is 0 Å². The van der Waals surface area contributed by atoms with E-state index in [0.29, 0.717) is 13.2 Å². The molecular formula is C18H23N3O2. The van der Waals surface area contributed by atoms with E-state index in [-0.39, 0.29) is 11.8 Å². The number of nitrogens with one attached hydrogen (secondary N) is 1. The predicted molar refractivity (Wildman–Crippen MR) is 91.5 cm³/mol. The van der Waals surface area contributed by atoms with Gasteiger partial charge in [0, 0.05) is 32.6 Å². The third-order valence-electron chi connectivity index (χ3n) is 4.23. The zero-order chi connectivity index (χ0) is 16.2. The molecule has 2 aromatic rings. The van der Waals surface area contributed by atoms with Gasteiger partial charge in [0.25, 0.3) is 0 Å². The molecule has 5 nitrogen and oxygen atoms in total. The van der Waals surface area contributed by atoms with Gasteiger partial charge in [0.1, 0.15) is 5.82 Å². The quantitative estimate of drug-likeness (QED) is 0.941. The summed E-state index contributed by atoms with van der Waals surface area (Å²) in [5, 5.41) is 4.14. The molecule has 3 rings (SSSR count). The number of pyridine rings is 1. The van der Waals surface area contributed by atoms with Crippen molar-refractivity contribution in [2.24, 2.45) is 5.92 Å². The van der Waals surface area contributed by atoms with Gasteiger partial charge in [0.15, 0.2) is 0 Å². The second kappa shape index (κ2) is 6.96.